The highest BCUT2D eigenvalue weighted by Crippen LogP contribution is 2.30. The summed E-state index contributed by atoms with van der Waals surface area (Å²) in [6, 6.07) is 10.3. The van der Waals surface area contributed by atoms with Crippen LogP contribution in [0, 0.1) is 10.5 Å². The topological polar surface area (TPSA) is 68.5 Å². The lowest BCUT2D eigenvalue weighted by Gasteiger charge is -2.12. The minimum atomic E-state index is -3.76. The number of nitrogens with one attached hydrogen (secondary N) is 1. The summed E-state index contributed by atoms with van der Waals surface area (Å²) in [6.07, 6.45) is 1.58. The number of hydrogen-bond donors (Lipinski definition) is 1. The van der Waals surface area contributed by atoms with E-state index in [9.17, 15) is 8.42 Å². The van der Waals surface area contributed by atoms with E-state index in [1.807, 2.05) is 6.92 Å². The van der Waals surface area contributed by atoms with Crippen LogP contribution in [0.5, 0.6) is 5.75 Å². The number of ether oxygens (including phenoxy) is 1. The van der Waals surface area contributed by atoms with E-state index in [0.29, 0.717) is 11.4 Å². The molecule has 3 rings (SSSR count). The Kier molecular flexibility index (Phi) is 4.24. The van der Waals surface area contributed by atoms with E-state index in [0.717, 1.165) is 20.1 Å². The quantitative estimate of drug-likeness (QED) is 0.616. The van der Waals surface area contributed by atoms with Gasteiger partial charge in [-0.3, -0.25) is 4.72 Å². The van der Waals surface area contributed by atoms with E-state index in [1.165, 1.54) is 7.11 Å². The molecule has 0 aliphatic rings. The van der Waals surface area contributed by atoms with Crippen LogP contribution < -0.4 is 9.46 Å². The van der Waals surface area contributed by atoms with Crippen LogP contribution in [-0.4, -0.2) is 15.5 Å². The number of rotatable bonds is 4. The van der Waals surface area contributed by atoms with Gasteiger partial charge in [-0.15, -0.1) is 0 Å². The summed E-state index contributed by atoms with van der Waals surface area (Å²) in [6.45, 7) is 1.83. The second-order valence-electron chi connectivity index (χ2n) is 5.06. The van der Waals surface area contributed by atoms with Crippen LogP contribution in [0.1, 0.15) is 5.56 Å². The van der Waals surface area contributed by atoms with E-state index in [2.05, 4.69) is 27.3 Å². The molecule has 120 valence electrons. The molecule has 23 heavy (non-hydrogen) atoms. The first kappa shape index (κ1) is 16.1. The van der Waals surface area contributed by atoms with Gasteiger partial charge in [-0.05, 0) is 65.4 Å². The first-order valence-electron chi connectivity index (χ1n) is 6.75. The second kappa shape index (κ2) is 6.04. The van der Waals surface area contributed by atoms with Gasteiger partial charge in [0.05, 0.1) is 22.6 Å². The van der Waals surface area contributed by atoms with Crippen molar-refractivity contribution in [2.75, 3.05) is 11.8 Å². The number of fused-ring (bicyclic) bond motifs is 1. The second-order valence-corrected chi connectivity index (χ2v) is 7.87. The van der Waals surface area contributed by atoms with Gasteiger partial charge in [0.25, 0.3) is 10.0 Å². The molecule has 1 aromatic heterocycles. The van der Waals surface area contributed by atoms with Gasteiger partial charge in [0.2, 0.25) is 0 Å². The van der Waals surface area contributed by atoms with E-state index < -0.39 is 10.0 Å². The summed E-state index contributed by atoms with van der Waals surface area (Å²) < 4.78 is 39.4. The van der Waals surface area contributed by atoms with Gasteiger partial charge in [0.1, 0.15) is 16.2 Å². The van der Waals surface area contributed by atoms with Crippen LogP contribution >= 0.6 is 22.6 Å². The van der Waals surface area contributed by atoms with Crippen molar-refractivity contribution in [2.45, 2.75) is 11.8 Å². The van der Waals surface area contributed by atoms with Crippen LogP contribution in [0.3, 0.4) is 0 Å². The van der Waals surface area contributed by atoms with Crippen LogP contribution in [0.4, 0.5) is 5.69 Å². The maximum Gasteiger partial charge on any atom is 0.265 e. The Labute approximate surface area is 147 Å². The molecule has 0 fully saturated rings. The Hall–Kier alpha value is -1.74. The Bertz CT molecular complexity index is 979. The van der Waals surface area contributed by atoms with Gasteiger partial charge in [-0.2, -0.15) is 0 Å². The third kappa shape index (κ3) is 3.16. The summed E-state index contributed by atoms with van der Waals surface area (Å²) in [5, 5.41) is 0.839. The third-order valence-electron chi connectivity index (χ3n) is 3.37. The molecule has 0 atom stereocenters. The van der Waals surface area contributed by atoms with Crippen molar-refractivity contribution in [1.29, 1.82) is 0 Å². The molecular weight excluding hydrogens is 429 g/mol. The molecule has 0 unspecified atom stereocenters. The zero-order valence-electron chi connectivity index (χ0n) is 12.5. The number of halogens is 1. The minimum Gasteiger partial charge on any atom is -0.495 e. The predicted octanol–water partition coefficient (Wildman–Crippen LogP) is 4.16. The average molecular weight is 443 g/mol. The molecule has 0 saturated carbocycles. The van der Waals surface area contributed by atoms with Gasteiger partial charge in [-0.1, -0.05) is 6.07 Å². The standard InChI is InChI=1S/C16H14INO4S/c1-10-3-4-14(21-2)15(7-10)23(19,20)18-12-8-11-5-6-22-16(11)13(17)9-12/h3-9,18H,1-2H3. The zero-order valence-corrected chi connectivity index (χ0v) is 15.4. The summed E-state index contributed by atoms with van der Waals surface area (Å²) >= 11 is 2.11. The van der Waals surface area contributed by atoms with Crippen molar-refractivity contribution in [3.8, 4) is 5.75 Å². The van der Waals surface area contributed by atoms with Crippen LogP contribution in [0.2, 0.25) is 0 Å². The molecule has 0 saturated heterocycles. The van der Waals surface area contributed by atoms with E-state index in [-0.39, 0.29) is 4.90 Å². The van der Waals surface area contributed by atoms with Crippen molar-refractivity contribution in [3.05, 3.63) is 51.8 Å². The largest absolute Gasteiger partial charge is 0.495 e. The molecule has 2 aromatic carbocycles. The molecule has 0 bridgehead atoms. The van der Waals surface area contributed by atoms with E-state index in [4.69, 9.17) is 9.15 Å². The molecule has 0 aliphatic heterocycles. The summed E-state index contributed by atoms with van der Waals surface area (Å²) in [7, 11) is -2.31. The number of sulfonamides is 1. The molecule has 0 spiro atoms. The van der Waals surface area contributed by atoms with E-state index >= 15 is 0 Å². The van der Waals surface area contributed by atoms with Gasteiger partial charge < -0.3 is 9.15 Å². The fourth-order valence-corrected chi connectivity index (χ4v) is 4.37. The Morgan fingerprint density at radius 3 is 2.70 bits per heavy atom. The predicted molar refractivity (Wildman–Crippen MR) is 97.5 cm³/mol. The van der Waals surface area contributed by atoms with Crippen molar-refractivity contribution >= 4 is 49.3 Å². The van der Waals surface area contributed by atoms with Crippen molar-refractivity contribution in [2.24, 2.45) is 0 Å². The molecule has 0 radical (unpaired) electrons. The molecular formula is C16H14INO4S. The number of hydrogen-bond acceptors (Lipinski definition) is 4. The SMILES string of the molecule is COc1ccc(C)cc1S(=O)(=O)Nc1cc(I)c2occc2c1. The first-order chi connectivity index (χ1) is 10.9. The van der Waals surface area contributed by atoms with Gasteiger partial charge in [-0.25, -0.2) is 8.42 Å². The van der Waals surface area contributed by atoms with Gasteiger partial charge >= 0.3 is 0 Å². The number of benzene rings is 2. The normalized spacial score (nSPS) is 11.6. The maximum absolute atomic E-state index is 12.7. The van der Waals surface area contributed by atoms with Crippen LogP contribution in [0.25, 0.3) is 11.0 Å². The lowest BCUT2D eigenvalue weighted by molar-refractivity contribution is 0.402. The smallest absolute Gasteiger partial charge is 0.265 e. The molecule has 0 aliphatic carbocycles. The Balaban J connectivity index is 2.04. The van der Waals surface area contributed by atoms with Crippen LogP contribution in [0.15, 0.2) is 52.0 Å². The third-order valence-corrected chi connectivity index (χ3v) is 5.57. The van der Waals surface area contributed by atoms with Crippen molar-refractivity contribution in [1.82, 2.24) is 0 Å². The lowest BCUT2D eigenvalue weighted by Crippen LogP contribution is -2.14. The molecule has 7 heteroatoms. The number of methoxy groups -OCH3 is 1. The monoisotopic (exact) mass is 443 g/mol. The summed E-state index contributed by atoms with van der Waals surface area (Å²) in [5.74, 6) is 0.308. The fraction of sp³-hybridized carbons (Fsp3) is 0.125. The highest BCUT2D eigenvalue weighted by molar-refractivity contribution is 14.1. The minimum absolute atomic E-state index is 0.113. The first-order valence-corrected chi connectivity index (χ1v) is 9.31. The highest BCUT2D eigenvalue weighted by atomic mass is 127. The molecule has 0 amide bonds. The van der Waals surface area contributed by atoms with Gasteiger partial charge in [0.15, 0.2) is 0 Å². The summed E-state index contributed by atoms with van der Waals surface area (Å²) in [5.41, 5.74) is 2.06. The fourth-order valence-electron chi connectivity index (χ4n) is 2.30. The van der Waals surface area contributed by atoms with Crippen LogP contribution in [-0.2, 0) is 10.0 Å². The highest BCUT2D eigenvalue weighted by Gasteiger charge is 2.20. The number of aryl methyl sites for hydroxylation is 1. The number of anilines is 1. The van der Waals surface area contributed by atoms with Crippen molar-refractivity contribution < 1.29 is 17.6 Å². The molecule has 1 heterocycles. The summed E-state index contributed by atoms with van der Waals surface area (Å²) in [4.78, 5) is 0.113. The Morgan fingerprint density at radius 1 is 1.17 bits per heavy atom. The number of furan rings is 1. The molecule has 5 nitrogen and oxygen atoms in total. The Morgan fingerprint density at radius 2 is 1.96 bits per heavy atom. The van der Waals surface area contributed by atoms with Crippen molar-refractivity contribution in [3.63, 3.8) is 0 Å². The average Bonchev–Trinajstić information content (AvgIpc) is 2.95. The van der Waals surface area contributed by atoms with E-state index in [1.54, 1.807) is 42.7 Å². The lowest BCUT2D eigenvalue weighted by atomic mass is 10.2. The maximum atomic E-state index is 12.7. The molecule has 3 aromatic rings. The zero-order chi connectivity index (χ0) is 16.6. The molecule has 1 N–H and O–H groups in total. The van der Waals surface area contributed by atoms with Gasteiger partial charge in [0, 0.05) is 5.39 Å².